The summed E-state index contributed by atoms with van der Waals surface area (Å²) in [7, 11) is -4.34. The minimum Gasteiger partial charge on any atom is -0.748 e. The summed E-state index contributed by atoms with van der Waals surface area (Å²) in [5.74, 6) is -14.2. The zero-order chi connectivity index (χ0) is 35.6. The lowest BCUT2D eigenvalue weighted by Gasteiger charge is -2.40. The van der Waals surface area contributed by atoms with Crippen LogP contribution in [0.1, 0.15) is 44.2 Å². The first kappa shape index (κ1) is 38.6. The molecule has 13 nitrogen and oxygen atoms in total. The van der Waals surface area contributed by atoms with Gasteiger partial charge in [0.05, 0.1) is 39.5 Å². The Bertz CT molecular complexity index is 1490. The van der Waals surface area contributed by atoms with Crippen molar-refractivity contribution < 1.29 is 52.2 Å². The lowest BCUT2D eigenvalue weighted by molar-refractivity contribution is -0.174. The van der Waals surface area contributed by atoms with E-state index >= 15 is 0 Å². The predicted octanol–water partition coefficient (Wildman–Crippen LogP) is 2.58. The summed E-state index contributed by atoms with van der Waals surface area (Å²) in [6.07, 6.45) is 0.217. The molecule has 0 spiro atoms. The van der Waals surface area contributed by atoms with Crippen LogP contribution in [0.3, 0.4) is 0 Å². The van der Waals surface area contributed by atoms with Crippen LogP contribution in [-0.4, -0.2) is 114 Å². The molecule has 3 N–H and O–H groups in total. The van der Waals surface area contributed by atoms with Crippen LogP contribution in [-0.2, 0) is 39.4 Å². The molecule has 2 aromatic rings. The number of aliphatic carboxylic acids is 3. The number of piperazine rings is 1. The summed E-state index contributed by atoms with van der Waals surface area (Å²) >= 11 is 0. The van der Waals surface area contributed by atoms with Crippen LogP contribution in [0.15, 0.2) is 60.7 Å². The maximum atomic E-state index is 14.1. The monoisotopic (exact) mass is 689 g/mol. The number of carboxylic acids is 3. The molecule has 0 aliphatic carbocycles. The summed E-state index contributed by atoms with van der Waals surface area (Å²) in [4.78, 5) is 57.2. The van der Waals surface area contributed by atoms with Crippen molar-refractivity contribution in [1.29, 1.82) is 0 Å². The molecule has 1 fully saturated rings. The molecule has 2 aromatic carbocycles. The number of carbonyl (C=O) groups excluding carboxylic acids is 1. The van der Waals surface area contributed by atoms with Gasteiger partial charge in [0.15, 0.2) is 0 Å². The first-order valence-corrected chi connectivity index (χ1v) is 17.5. The summed E-state index contributed by atoms with van der Waals surface area (Å²) in [5.41, 5.74) is -0.284. The highest BCUT2D eigenvalue weighted by atomic mass is 32.2. The van der Waals surface area contributed by atoms with E-state index in [4.69, 9.17) is 4.74 Å². The zero-order valence-corrected chi connectivity index (χ0v) is 28.3. The second-order valence-electron chi connectivity index (χ2n) is 12.7. The second-order valence-corrected chi connectivity index (χ2v) is 14.2. The number of esters is 1. The molecule has 0 amide bonds. The van der Waals surface area contributed by atoms with E-state index in [0.717, 1.165) is 0 Å². The Kier molecular flexibility index (Phi) is 13.7. The lowest BCUT2D eigenvalue weighted by atomic mass is 9.60. The molecule has 0 saturated carbocycles. The molecule has 3 rings (SSSR count). The maximum absolute atomic E-state index is 14.1. The normalized spacial score (nSPS) is 17.8. The van der Waals surface area contributed by atoms with Crippen LogP contribution < -0.4 is 0 Å². The van der Waals surface area contributed by atoms with Crippen molar-refractivity contribution in [2.24, 2.45) is 23.7 Å². The first-order chi connectivity index (χ1) is 22.6. The van der Waals surface area contributed by atoms with Crippen molar-refractivity contribution >= 4 is 34.0 Å². The van der Waals surface area contributed by atoms with Gasteiger partial charge in [0.2, 0.25) is 0 Å². The van der Waals surface area contributed by atoms with Crippen molar-refractivity contribution in [2.75, 3.05) is 51.6 Å². The van der Waals surface area contributed by atoms with E-state index in [1.54, 1.807) is 81.4 Å². The maximum Gasteiger partial charge on any atom is 0.310 e. The highest BCUT2D eigenvalue weighted by Crippen LogP contribution is 2.45. The third-order valence-electron chi connectivity index (χ3n) is 9.41. The summed E-state index contributed by atoms with van der Waals surface area (Å²) in [6.45, 7) is 6.86. The summed E-state index contributed by atoms with van der Waals surface area (Å²) < 4.78 is 38.6. The number of carboxylic acid groups (broad SMARTS) is 3. The van der Waals surface area contributed by atoms with Crippen molar-refractivity contribution in [1.82, 2.24) is 9.80 Å². The van der Waals surface area contributed by atoms with Gasteiger partial charge in [-0.25, -0.2) is 8.42 Å². The van der Waals surface area contributed by atoms with E-state index in [0.29, 0.717) is 37.3 Å². The Balaban J connectivity index is 1.97. The van der Waals surface area contributed by atoms with Gasteiger partial charge in [-0.1, -0.05) is 81.4 Å². The summed E-state index contributed by atoms with van der Waals surface area (Å²) in [6, 6.07) is 17.0. The Morgan fingerprint density at radius 1 is 0.792 bits per heavy atom. The van der Waals surface area contributed by atoms with Gasteiger partial charge in [-0.05, 0) is 23.5 Å². The molecule has 264 valence electrons. The van der Waals surface area contributed by atoms with Crippen molar-refractivity contribution in [3.63, 3.8) is 0 Å². The zero-order valence-electron chi connectivity index (χ0n) is 27.4. The molecule has 1 saturated heterocycles. The van der Waals surface area contributed by atoms with E-state index in [2.05, 4.69) is 0 Å². The van der Waals surface area contributed by atoms with Gasteiger partial charge in [-0.3, -0.25) is 29.0 Å². The molecule has 5 unspecified atom stereocenters. The van der Waals surface area contributed by atoms with E-state index in [1.165, 1.54) is 0 Å². The van der Waals surface area contributed by atoms with Crippen LogP contribution >= 0.6 is 0 Å². The molecule has 1 heterocycles. The van der Waals surface area contributed by atoms with E-state index in [1.807, 2.05) is 9.80 Å². The number of ether oxygens (including phenoxy) is 1. The van der Waals surface area contributed by atoms with Crippen molar-refractivity contribution in [3.05, 3.63) is 71.8 Å². The van der Waals surface area contributed by atoms with Gasteiger partial charge in [0.25, 0.3) is 0 Å². The van der Waals surface area contributed by atoms with Crippen molar-refractivity contribution in [2.45, 2.75) is 38.5 Å². The molecule has 1 aliphatic heterocycles. The van der Waals surface area contributed by atoms with Crippen LogP contribution in [0.5, 0.6) is 0 Å². The van der Waals surface area contributed by atoms with Crippen LogP contribution in [0.2, 0.25) is 0 Å². The smallest absolute Gasteiger partial charge is 0.310 e. The topological polar surface area (TPSA) is 202 Å². The number of hydrogen-bond acceptors (Lipinski definition) is 10. The average molecular weight is 690 g/mol. The molecule has 0 bridgehead atoms. The van der Waals surface area contributed by atoms with Gasteiger partial charge in [0.1, 0.15) is 6.61 Å². The number of rotatable bonds is 18. The fourth-order valence-electron chi connectivity index (χ4n) is 6.80. The fraction of sp³-hybridized carbons (Fsp3) is 0.529. The highest BCUT2D eigenvalue weighted by molar-refractivity contribution is 7.85. The third kappa shape index (κ3) is 10.1. The van der Waals surface area contributed by atoms with E-state index in [-0.39, 0.29) is 26.1 Å². The predicted molar refractivity (Wildman–Crippen MR) is 174 cm³/mol. The SMILES string of the molecule is CCC(c1ccccc1)C(C(=O)O)C(C(=O)OCCN1CCN(CCS(=O)(=O)[O-])CC1)C(C(=O)O)C(C(=O)O)C(C)(C)c1ccccc1. The van der Waals surface area contributed by atoms with Gasteiger partial charge < -0.3 is 24.6 Å². The number of carbonyl (C=O) groups is 4. The number of hydrogen-bond donors (Lipinski definition) is 3. The number of benzene rings is 2. The Morgan fingerprint density at radius 3 is 1.75 bits per heavy atom. The molecular weight excluding hydrogens is 644 g/mol. The fourth-order valence-corrected chi connectivity index (χ4v) is 7.28. The first-order valence-electron chi connectivity index (χ1n) is 15.9. The van der Waals surface area contributed by atoms with E-state index < -0.39 is 74.8 Å². The molecule has 0 aromatic heterocycles. The Hall–Kier alpha value is -3.85. The molecule has 1 aliphatic rings. The highest BCUT2D eigenvalue weighted by Gasteiger charge is 2.56. The average Bonchev–Trinajstić information content (AvgIpc) is 3.03. The molecule has 48 heavy (non-hydrogen) atoms. The largest absolute Gasteiger partial charge is 0.748 e. The van der Waals surface area contributed by atoms with Gasteiger partial charge in [-0.15, -0.1) is 0 Å². The lowest BCUT2D eigenvalue weighted by Crippen LogP contribution is -2.52. The van der Waals surface area contributed by atoms with Crippen LogP contribution in [0.25, 0.3) is 0 Å². The van der Waals surface area contributed by atoms with E-state index in [9.17, 15) is 47.5 Å². The summed E-state index contributed by atoms with van der Waals surface area (Å²) in [5, 5.41) is 31.9. The van der Waals surface area contributed by atoms with Crippen LogP contribution in [0.4, 0.5) is 0 Å². The second kappa shape index (κ2) is 17.0. The van der Waals surface area contributed by atoms with Gasteiger partial charge >= 0.3 is 23.9 Å². The van der Waals surface area contributed by atoms with Gasteiger partial charge in [-0.2, -0.15) is 0 Å². The standard InChI is InChI=1S/C34H46N2O11S/c1-4-25(23-11-7-5-8-12-23)26(30(37)38)27(28(31(39)40)29(32(41)42)34(2,3)24-13-9-6-10-14-24)33(43)47-21-19-35-15-17-36(18-16-35)20-22-48(44,45)46/h5-14,25-29H,4,15-22H2,1-3H3,(H,37,38)(H,39,40)(H,41,42)(H,44,45,46)/p-1. The molecule has 5 atom stereocenters. The van der Waals surface area contributed by atoms with Crippen LogP contribution in [0, 0.1) is 23.7 Å². The Labute approximate surface area is 281 Å². The number of nitrogens with zero attached hydrogens (tertiary/aromatic N) is 2. The minimum atomic E-state index is -4.34. The molecule has 14 heteroatoms. The quantitative estimate of drug-likeness (QED) is 0.152. The Morgan fingerprint density at radius 2 is 1.29 bits per heavy atom. The third-order valence-corrected chi connectivity index (χ3v) is 10.1. The molecule has 0 radical (unpaired) electrons. The van der Waals surface area contributed by atoms with Gasteiger partial charge in [0, 0.05) is 44.7 Å². The van der Waals surface area contributed by atoms with Crippen molar-refractivity contribution in [3.8, 4) is 0 Å². The molecular formula is C34H45N2O11S-. The minimum absolute atomic E-state index is 0.105.